The van der Waals surface area contributed by atoms with E-state index in [4.69, 9.17) is 0 Å². The van der Waals surface area contributed by atoms with Crippen LogP contribution in [0.2, 0.25) is 0 Å². The minimum Gasteiger partial charge on any atom is -0.256 e. The van der Waals surface area contributed by atoms with E-state index < -0.39 is 0 Å². The van der Waals surface area contributed by atoms with Crippen LogP contribution < -0.4 is 0 Å². The number of rotatable bonds is 4. The quantitative estimate of drug-likeness (QED) is 0.774. The Morgan fingerprint density at radius 2 is 2.22 bits per heavy atom. The average molecular weight is 273 g/mol. The molecule has 0 aliphatic carbocycles. The monoisotopic (exact) mass is 273 g/mol. The second kappa shape index (κ2) is 6.57. The van der Waals surface area contributed by atoms with Crippen molar-refractivity contribution in [2.75, 3.05) is 6.26 Å². The molecule has 1 nitrogen and oxygen atoms in total. The maximum Gasteiger partial charge on any atom is 0.0767 e. The lowest BCUT2D eigenvalue weighted by molar-refractivity contribution is 1.28. The van der Waals surface area contributed by atoms with Gasteiger partial charge in [-0.3, -0.25) is 4.98 Å². The zero-order valence-electron chi connectivity index (χ0n) is 10.5. The molecule has 0 fully saturated rings. The number of hydrogen-bond acceptors (Lipinski definition) is 3. The van der Waals surface area contributed by atoms with Crippen molar-refractivity contribution < 1.29 is 0 Å². The predicted octanol–water partition coefficient (Wildman–Crippen LogP) is 5.04. The van der Waals surface area contributed by atoms with Crippen LogP contribution in [-0.4, -0.2) is 11.2 Å². The van der Waals surface area contributed by atoms with E-state index >= 15 is 0 Å². The van der Waals surface area contributed by atoms with Crippen molar-refractivity contribution in [2.45, 2.75) is 6.92 Å². The lowest BCUT2D eigenvalue weighted by Crippen LogP contribution is -1.86. The second-order valence-electron chi connectivity index (χ2n) is 3.68. The third-order valence-corrected chi connectivity index (χ3v) is 4.22. The zero-order valence-corrected chi connectivity index (χ0v) is 12.1. The van der Waals surface area contributed by atoms with Crippen LogP contribution in [0.3, 0.4) is 0 Å². The van der Waals surface area contributed by atoms with Gasteiger partial charge in [0.15, 0.2) is 0 Å². The van der Waals surface area contributed by atoms with Gasteiger partial charge in [0, 0.05) is 16.0 Å². The fourth-order valence-electron chi connectivity index (χ4n) is 1.62. The first kappa shape index (κ1) is 13.1. The standard InChI is InChI=1S/C15H15NS2/c1-3-15(17-2)14-11-12(8-9-16-14)6-7-13-5-4-10-18-13/h3-11H,1-2H3/b7-6+,15-3-. The van der Waals surface area contributed by atoms with Crippen LogP contribution >= 0.6 is 23.1 Å². The summed E-state index contributed by atoms with van der Waals surface area (Å²) >= 11 is 3.47. The van der Waals surface area contributed by atoms with Crippen molar-refractivity contribution in [1.29, 1.82) is 0 Å². The molecule has 0 spiro atoms. The van der Waals surface area contributed by atoms with Gasteiger partial charge in [-0.25, -0.2) is 0 Å². The Hall–Kier alpha value is -1.32. The first-order chi connectivity index (χ1) is 8.83. The molecule has 0 saturated carbocycles. The summed E-state index contributed by atoms with van der Waals surface area (Å²) < 4.78 is 0. The van der Waals surface area contributed by atoms with Gasteiger partial charge in [-0.2, -0.15) is 0 Å². The van der Waals surface area contributed by atoms with E-state index in [1.165, 1.54) is 15.3 Å². The van der Waals surface area contributed by atoms with Gasteiger partial charge < -0.3 is 0 Å². The molecule has 0 unspecified atom stereocenters. The van der Waals surface area contributed by atoms with Crippen LogP contribution in [0.15, 0.2) is 41.9 Å². The largest absolute Gasteiger partial charge is 0.256 e. The lowest BCUT2D eigenvalue weighted by Gasteiger charge is -2.03. The van der Waals surface area contributed by atoms with Crippen molar-refractivity contribution in [2.24, 2.45) is 0 Å². The van der Waals surface area contributed by atoms with Crippen molar-refractivity contribution in [3.8, 4) is 0 Å². The Morgan fingerprint density at radius 3 is 2.89 bits per heavy atom. The number of allylic oxidation sites excluding steroid dienone is 1. The van der Waals surface area contributed by atoms with Crippen LogP contribution in [0.4, 0.5) is 0 Å². The first-order valence-corrected chi connectivity index (χ1v) is 7.82. The molecule has 0 amide bonds. The predicted molar refractivity (Wildman–Crippen MR) is 84.7 cm³/mol. The lowest BCUT2D eigenvalue weighted by atomic mass is 10.2. The van der Waals surface area contributed by atoms with E-state index in [-0.39, 0.29) is 0 Å². The molecule has 3 heteroatoms. The molecule has 2 rings (SSSR count). The molecule has 0 N–H and O–H groups in total. The summed E-state index contributed by atoms with van der Waals surface area (Å²) in [5.41, 5.74) is 2.22. The Balaban J connectivity index is 2.22. The van der Waals surface area contributed by atoms with E-state index in [2.05, 4.69) is 53.0 Å². The van der Waals surface area contributed by atoms with Crippen LogP contribution in [0.5, 0.6) is 0 Å². The topological polar surface area (TPSA) is 12.9 Å². The van der Waals surface area contributed by atoms with E-state index in [1.54, 1.807) is 23.1 Å². The Labute approximate surface area is 116 Å². The molecule has 0 atom stereocenters. The highest BCUT2D eigenvalue weighted by Gasteiger charge is 2.00. The third-order valence-electron chi connectivity index (χ3n) is 2.50. The molecular weight excluding hydrogens is 258 g/mol. The minimum atomic E-state index is 1.04. The Kier molecular flexibility index (Phi) is 4.79. The number of hydrogen-bond donors (Lipinski definition) is 0. The van der Waals surface area contributed by atoms with Gasteiger partial charge in [0.2, 0.25) is 0 Å². The summed E-state index contributed by atoms with van der Waals surface area (Å²) in [6, 6.07) is 8.33. The van der Waals surface area contributed by atoms with E-state index in [0.717, 1.165) is 5.69 Å². The smallest absolute Gasteiger partial charge is 0.0767 e. The summed E-state index contributed by atoms with van der Waals surface area (Å²) in [6.45, 7) is 2.04. The van der Waals surface area contributed by atoms with Gasteiger partial charge in [-0.05, 0) is 48.4 Å². The average Bonchev–Trinajstić information content (AvgIpc) is 2.92. The Bertz CT molecular complexity index is 554. The molecule has 2 aromatic heterocycles. The van der Waals surface area contributed by atoms with Crippen molar-refractivity contribution >= 4 is 40.2 Å². The fraction of sp³-hybridized carbons (Fsp3) is 0.133. The Morgan fingerprint density at radius 1 is 1.33 bits per heavy atom. The van der Waals surface area contributed by atoms with Crippen molar-refractivity contribution in [1.82, 2.24) is 4.98 Å². The van der Waals surface area contributed by atoms with Gasteiger partial charge in [0.1, 0.15) is 0 Å². The van der Waals surface area contributed by atoms with E-state index in [0.29, 0.717) is 0 Å². The SMILES string of the molecule is C/C=C(\SC)c1cc(/C=C/c2cccs2)ccn1. The molecule has 0 bridgehead atoms. The van der Waals surface area contributed by atoms with Crippen LogP contribution in [0.25, 0.3) is 17.1 Å². The van der Waals surface area contributed by atoms with Crippen LogP contribution in [0.1, 0.15) is 23.1 Å². The molecule has 0 aromatic carbocycles. The van der Waals surface area contributed by atoms with Crippen LogP contribution in [0, 0.1) is 0 Å². The zero-order chi connectivity index (χ0) is 12.8. The third kappa shape index (κ3) is 3.34. The number of thioether (sulfide) groups is 1. The van der Waals surface area contributed by atoms with Crippen molar-refractivity contribution in [3.05, 3.63) is 58.1 Å². The molecule has 92 valence electrons. The molecule has 0 aliphatic rings. The number of aromatic nitrogens is 1. The maximum atomic E-state index is 4.41. The number of nitrogens with zero attached hydrogens (tertiary/aromatic N) is 1. The van der Waals surface area contributed by atoms with Crippen molar-refractivity contribution in [3.63, 3.8) is 0 Å². The van der Waals surface area contributed by atoms with Gasteiger partial charge >= 0.3 is 0 Å². The summed E-state index contributed by atoms with van der Waals surface area (Å²) in [4.78, 5) is 6.88. The molecular formula is C15H15NS2. The summed E-state index contributed by atoms with van der Waals surface area (Å²) in [7, 11) is 0. The molecule has 0 radical (unpaired) electrons. The van der Waals surface area contributed by atoms with E-state index in [9.17, 15) is 0 Å². The highest BCUT2D eigenvalue weighted by molar-refractivity contribution is 8.07. The summed E-state index contributed by atoms with van der Waals surface area (Å²) in [5.74, 6) is 0. The molecule has 18 heavy (non-hydrogen) atoms. The molecule has 2 aromatic rings. The maximum absolute atomic E-state index is 4.41. The molecule has 0 aliphatic heterocycles. The first-order valence-electron chi connectivity index (χ1n) is 5.72. The van der Waals surface area contributed by atoms with Gasteiger partial charge in [0.05, 0.1) is 5.69 Å². The highest BCUT2D eigenvalue weighted by Crippen LogP contribution is 2.24. The summed E-state index contributed by atoms with van der Waals surface area (Å²) in [6.07, 6.45) is 10.3. The van der Waals surface area contributed by atoms with Gasteiger partial charge in [-0.15, -0.1) is 23.1 Å². The van der Waals surface area contributed by atoms with E-state index in [1.807, 2.05) is 19.2 Å². The normalized spacial score (nSPS) is 12.2. The minimum absolute atomic E-state index is 1.04. The van der Waals surface area contributed by atoms with Gasteiger partial charge in [-0.1, -0.05) is 18.2 Å². The molecule has 2 heterocycles. The number of thiophene rings is 1. The number of pyridine rings is 1. The molecule has 0 saturated heterocycles. The van der Waals surface area contributed by atoms with Gasteiger partial charge in [0.25, 0.3) is 0 Å². The van der Waals surface area contributed by atoms with Crippen LogP contribution in [-0.2, 0) is 0 Å². The summed E-state index contributed by atoms with van der Waals surface area (Å²) in [5, 5.41) is 2.09. The highest BCUT2D eigenvalue weighted by atomic mass is 32.2. The fourth-order valence-corrected chi connectivity index (χ4v) is 2.79. The second-order valence-corrected chi connectivity index (χ2v) is 5.51.